The van der Waals surface area contributed by atoms with E-state index in [-0.39, 0.29) is 0 Å². The number of hydrogen-bond acceptors (Lipinski definition) is 4. The maximum absolute atomic E-state index is 5.26. The van der Waals surface area contributed by atoms with Crippen LogP contribution >= 0.6 is 11.8 Å². The van der Waals surface area contributed by atoms with E-state index in [0.29, 0.717) is 5.82 Å². The molecule has 1 aliphatic carbocycles. The lowest BCUT2D eigenvalue weighted by Crippen LogP contribution is -2.31. The highest BCUT2D eigenvalue weighted by Gasteiger charge is 2.50. The van der Waals surface area contributed by atoms with E-state index in [0.717, 1.165) is 55.8 Å². The first-order chi connectivity index (χ1) is 29.7. The minimum atomic E-state index is -0.495. The van der Waals surface area contributed by atoms with Gasteiger partial charge in [-0.1, -0.05) is 176 Å². The molecule has 0 amide bonds. The standard InChI is InChI=1S/C56H35N3S/c1-3-15-37(16-4-1)50-35-51(59-55(58-50)38-17-5-2-6-18-38)41-27-29-47-45(34-41)44-33-40(39-19-13-20-42(32-39)54-43-21-8-7-14-36(43)30-31-57-54)26-28-46(44)56(47)48-22-9-11-24-52(48)60-53-25-12-10-23-49(53)56/h1-35H. The molecule has 2 aromatic heterocycles. The first-order valence-corrected chi connectivity index (χ1v) is 21.2. The molecule has 12 rings (SSSR count). The molecule has 8 aromatic carbocycles. The van der Waals surface area contributed by atoms with Crippen molar-refractivity contribution in [1.29, 1.82) is 0 Å². The van der Waals surface area contributed by atoms with Gasteiger partial charge in [0.2, 0.25) is 0 Å². The summed E-state index contributed by atoms with van der Waals surface area (Å²) in [6, 6.07) is 74.3. The van der Waals surface area contributed by atoms with Crippen LogP contribution in [-0.2, 0) is 5.41 Å². The Balaban J connectivity index is 1.09. The highest BCUT2D eigenvalue weighted by molar-refractivity contribution is 7.99. The summed E-state index contributed by atoms with van der Waals surface area (Å²) < 4.78 is 0. The van der Waals surface area contributed by atoms with Crippen LogP contribution in [0.4, 0.5) is 0 Å². The first-order valence-electron chi connectivity index (χ1n) is 20.3. The average Bonchev–Trinajstić information content (AvgIpc) is 3.61. The van der Waals surface area contributed by atoms with Gasteiger partial charge in [0.1, 0.15) is 0 Å². The number of pyridine rings is 1. The van der Waals surface area contributed by atoms with Gasteiger partial charge in [-0.2, -0.15) is 0 Å². The number of hydrogen-bond donors (Lipinski definition) is 0. The van der Waals surface area contributed by atoms with Crippen LogP contribution in [0.3, 0.4) is 0 Å². The van der Waals surface area contributed by atoms with Crippen molar-refractivity contribution >= 4 is 22.5 Å². The molecule has 3 heterocycles. The number of benzene rings is 8. The Morgan fingerprint density at radius 1 is 0.367 bits per heavy atom. The fourth-order valence-corrected chi connectivity index (χ4v) is 10.7. The molecule has 0 fully saturated rings. The lowest BCUT2D eigenvalue weighted by atomic mass is 9.67. The van der Waals surface area contributed by atoms with Gasteiger partial charge < -0.3 is 0 Å². The fourth-order valence-electron chi connectivity index (χ4n) is 9.51. The average molecular weight is 782 g/mol. The summed E-state index contributed by atoms with van der Waals surface area (Å²) in [6.07, 6.45) is 1.91. The fraction of sp³-hybridized carbons (Fsp3) is 0.0179. The van der Waals surface area contributed by atoms with Crippen LogP contribution in [0, 0.1) is 0 Å². The maximum Gasteiger partial charge on any atom is 0.160 e. The molecule has 1 aliphatic heterocycles. The van der Waals surface area contributed by atoms with E-state index in [2.05, 4.69) is 182 Å². The quantitative estimate of drug-likeness (QED) is 0.174. The number of rotatable bonds is 5. The lowest BCUT2D eigenvalue weighted by Gasteiger charge is -2.39. The highest BCUT2D eigenvalue weighted by atomic mass is 32.2. The monoisotopic (exact) mass is 781 g/mol. The van der Waals surface area contributed by atoms with Crippen LogP contribution in [0.15, 0.2) is 222 Å². The summed E-state index contributed by atoms with van der Waals surface area (Å²) in [5, 5.41) is 2.34. The van der Waals surface area contributed by atoms with Crippen LogP contribution in [0.5, 0.6) is 0 Å². The second-order valence-electron chi connectivity index (χ2n) is 15.5. The van der Waals surface area contributed by atoms with Gasteiger partial charge in [0.25, 0.3) is 0 Å². The largest absolute Gasteiger partial charge is 0.256 e. The topological polar surface area (TPSA) is 38.7 Å². The first kappa shape index (κ1) is 34.6. The van der Waals surface area contributed by atoms with Crippen molar-refractivity contribution in [3.8, 4) is 67.4 Å². The van der Waals surface area contributed by atoms with Gasteiger partial charge >= 0.3 is 0 Å². The molecule has 0 atom stereocenters. The van der Waals surface area contributed by atoms with Gasteiger partial charge in [0, 0.05) is 43.6 Å². The molecule has 2 aliphatic rings. The molecule has 3 nitrogen and oxygen atoms in total. The van der Waals surface area contributed by atoms with Gasteiger partial charge in [-0.3, -0.25) is 4.98 Å². The van der Waals surface area contributed by atoms with E-state index in [9.17, 15) is 0 Å². The van der Waals surface area contributed by atoms with Crippen molar-refractivity contribution in [3.63, 3.8) is 0 Å². The summed E-state index contributed by atoms with van der Waals surface area (Å²) in [6.45, 7) is 0. The van der Waals surface area contributed by atoms with Crippen LogP contribution in [0.1, 0.15) is 22.3 Å². The Kier molecular flexibility index (Phi) is 8.00. The van der Waals surface area contributed by atoms with Crippen LogP contribution < -0.4 is 0 Å². The summed E-state index contributed by atoms with van der Waals surface area (Å²) in [7, 11) is 0. The van der Waals surface area contributed by atoms with E-state index in [1.807, 2.05) is 42.2 Å². The van der Waals surface area contributed by atoms with E-state index in [1.165, 1.54) is 48.6 Å². The van der Waals surface area contributed by atoms with Crippen molar-refractivity contribution < 1.29 is 0 Å². The summed E-state index contributed by atoms with van der Waals surface area (Å²) in [5.41, 5.74) is 16.5. The van der Waals surface area contributed by atoms with Crippen LogP contribution in [-0.4, -0.2) is 15.0 Å². The molecular formula is C56H35N3S. The molecule has 0 N–H and O–H groups in total. The van der Waals surface area contributed by atoms with Gasteiger partial charge in [0.05, 0.1) is 22.5 Å². The lowest BCUT2D eigenvalue weighted by molar-refractivity contribution is 0.722. The minimum absolute atomic E-state index is 0.495. The molecule has 60 heavy (non-hydrogen) atoms. The zero-order valence-electron chi connectivity index (χ0n) is 32.5. The predicted octanol–water partition coefficient (Wildman–Crippen LogP) is 14.2. The van der Waals surface area contributed by atoms with Crippen molar-refractivity contribution in [2.75, 3.05) is 0 Å². The van der Waals surface area contributed by atoms with E-state index >= 15 is 0 Å². The molecule has 0 bridgehead atoms. The Labute approximate surface area is 353 Å². The molecule has 0 saturated heterocycles. The number of fused-ring (bicyclic) bond motifs is 10. The number of aromatic nitrogens is 3. The third-order valence-corrected chi connectivity index (χ3v) is 13.4. The van der Waals surface area contributed by atoms with Crippen molar-refractivity contribution in [2.24, 2.45) is 0 Å². The smallest absolute Gasteiger partial charge is 0.160 e. The minimum Gasteiger partial charge on any atom is -0.256 e. The molecule has 0 unspecified atom stereocenters. The Hall–Kier alpha value is -7.40. The summed E-state index contributed by atoms with van der Waals surface area (Å²) in [4.78, 5) is 17.8. The summed E-state index contributed by atoms with van der Waals surface area (Å²) >= 11 is 1.87. The summed E-state index contributed by atoms with van der Waals surface area (Å²) in [5.74, 6) is 0.708. The molecule has 1 spiro atoms. The highest BCUT2D eigenvalue weighted by Crippen LogP contribution is 2.62. The normalized spacial score (nSPS) is 13.1. The Morgan fingerprint density at radius 3 is 1.65 bits per heavy atom. The second-order valence-corrected chi connectivity index (χ2v) is 16.6. The van der Waals surface area contributed by atoms with Crippen molar-refractivity contribution in [1.82, 2.24) is 15.0 Å². The SMILES string of the molecule is c1ccc(-c2cc(-c3ccc4c(c3)-c3cc(-c5cccc(-c6nccc7ccccc67)c5)ccc3C43c4ccccc4Sc4ccccc43)nc(-c3ccccc3)n2)cc1. The van der Waals surface area contributed by atoms with E-state index in [4.69, 9.17) is 15.0 Å². The molecule has 10 aromatic rings. The number of nitrogens with zero attached hydrogens (tertiary/aromatic N) is 3. The third-order valence-electron chi connectivity index (χ3n) is 12.2. The van der Waals surface area contributed by atoms with Crippen molar-refractivity contribution in [2.45, 2.75) is 15.2 Å². The van der Waals surface area contributed by atoms with Crippen LogP contribution in [0.2, 0.25) is 0 Å². The predicted molar refractivity (Wildman–Crippen MR) is 246 cm³/mol. The van der Waals surface area contributed by atoms with Gasteiger partial charge in [-0.25, -0.2) is 9.97 Å². The molecular weight excluding hydrogens is 747 g/mol. The third kappa shape index (κ3) is 5.42. The Morgan fingerprint density at radius 2 is 0.917 bits per heavy atom. The maximum atomic E-state index is 5.26. The molecule has 4 heteroatoms. The molecule has 0 radical (unpaired) electrons. The second kappa shape index (κ2) is 13.9. The van der Waals surface area contributed by atoms with E-state index in [1.54, 1.807) is 0 Å². The van der Waals surface area contributed by atoms with E-state index < -0.39 is 5.41 Å². The van der Waals surface area contributed by atoms with Gasteiger partial charge in [-0.05, 0) is 92.4 Å². The zero-order chi connectivity index (χ0) is 39.6. The zero-order valence-corrected chi connectivity index (χ0v) is 33.3. The van der Waals surface area contributed by atoms with Crippen molar-refractivity contribution in [3.05, 3.63) is 235 Å². The molecule has 280 valence electrons. The molecule has 0 saturated carbocycles. The van der Waals surface area contributed by atoms with Gasteiger partial charge in [-0.15, -0.1) is 0 Å². The van der Waals surface area contributed by atoms with Gasteiger partial charge in [0.15, 0.2) is 5.82 Å². The van der Waals surface area contributed by atoms with Crippen LogP contribution in [0.25, 0.3) is 78.2 Å². The Bertz CT molecular complexity index is 3190.